The number of para-hydroxylation sites is 1. The quantitative estimate of drug-likeness (QED) is 0.918. The maximum absolute atomic E-state index is 12.2. The minimum Gasteiger partial charge on any atom is -0.484 e. The fourth-order valence-electron chi connectivity index (χ4n) is 2.71. The van der Waals surface area contributed by atoms with Gasteiger partial charge in [-0.25, -0.2) is 0 Å². The van der Waals surface area contributed by atoms with E-state index in [1.807, 2.05) is 49.4 Å². The molecule has 2 amide bonds. The number of amides is 2. The van der Waals surface area contributed by atoms with Gasteiger partial charge < -0.3 is 15.0 Å². The second kappa shape index (κ2) is 7.17. The highest BCUT2D eigenvalue weighted by Crippen LogP contribution is 2.22. The number of aryl methyl sites for hydroxylation is 1. The van der Waals surface area contributed by atoms with E-state index < -0.39 is 0 Å². The summed E-state index contributed by atoms with van der Waals surface area (Å²) in [7, 11) is 0. The second-order valence-corrected chi connectivity index (χ2v) is 5.91. The minimum atomic E-state index is -0.220. The van der Waals surface area contributed by atoms with E-state index in [0.717, 1.165) is 11.3 Å². The van der Waals surface area contributed by atoms with E-state index in [1.54, 1.807) is 17.0 Å². The van der Waals surface area contributed by atoms with E-state index in [2.05, 4.69) is 5.32 Å². The Morgan fingerprint density at radius 2 is 1.88 bits per heavy atom. The van der Waals surface area contributed by atoms with Crippen molar-refractivity contribution in [1.82, 2.24) is 5.32 Å². The first-order valence-electron chi connectivity index (χ1n) is 7.96. The van der Waals surface area contributed by atoms with Crippen molar-refractivity contribution in [2.24, 2.45) is 0 Å². The first-order chi connectivity index (χ1) is 11.6. The van der Waals surface area contributed by atoms with Gasteiger partial charge in [0.2, 0.25) is 5.91 Å². The molecule has 1 heterocycles. The van der Waals surface area contributed by atoms with Gasteiger partial charge in [0.15, 0.2) is 6.61 Å². The standard InChI is InChI=1S/C19H20N2O3/c1-14-7-9-16(10-8-14)21-12-15(11-19(21)23)20-18(22)13-24-17-5-3-2-4-6-17/h2-10,15H,11-13H2,1H3,(H,20,22). The molecule has 1 atom stereocenters. The zero-order valence-corrected chi connectivity index (χ0v) is 13.6. The van der Waals surface area contributed by atoms with Crippen LogP contribution in [0.2, 0.25) is 0 Å². The molecule has 0 bridgehead atoms. The Bertz CT molecular complexity index is 713. The van der Waals surface area contributed by atoms with E-state index in [4.69, 9.17) is 4.74 Å². The molecular formula is C19H20N2O3. The Labute approximate surface area is 141 Å². The SMILES string of the molecule is Cc1ccc(N2CC(NC(=O)COc3ccccc3)CC2=O)cc1. The van der Waals surface area contributed by atoms with Crippen molar-refractivity contribution < 1.29 is 14.3 Å². The molecule has 1 N–H and O–H groups in total. The van der Waals surface area contributed by atoms with Crippen molar-refractivity contribution in [3.8, 4) is 5.75 Å². The molecule has 2 aromatic carbocycles. The molecule has 124 valence electrons. The fraction of sp³-hybridized carbons (Fsp3) is 0.263. The van der Waals surface area contributed by atoms with Gasteiger partial charge in [-0.2, -0.15) is 0 Å². The van der Waals surface area contributed by atoms with Crippen molar-refractivity contribution >= 4 is 17.5 Å². The van der Waals surface area contributed by atoms with E-state index in [0.29, 0.717) is 18.7 Å². The van der Waals surface area contributed by atoms with E-state index in [9.17, 15) is 9.59 Å². The van der Waals surface area contributed by atoms with Crippen molar-refractivity contribution in [3.63, 3.8) is 0 Å². The number of nitrogens with zero attached hydrogens (tertiary/aromatic N) is 1. The van der Waals surface area contributed by atoms with E-state index in [-0.39, 0.29) is 24.5 Å². The predicted molar refractivity (Wildman–Crippen MR) is 92.0 cm³/mol. The van der Waals surface area contributed by atoms with Gasteiger partial charge in [0.05, 0.1) is 6.04 Å². The number of carbonyl (C=O) groups is 2. The molecule has 0 aromatic heterocycles. The highest BCUT2D eigenvalue weighted by molar-refractivity contribution is 5.96. The summed E-state index contributed by atoms with van der Waals surface area (Å²) < 4.78 is 5.42. The molecule has 0 radical (unpaired) electrons. The summed E-state index contributed by atoms with van der Waals surface area (Å²) in [6.07, 6.45) is 0.310. The summed E-state index contributed by atoms with van der Waals surface area (Å²) in [4.78, 5) is 25.9. The molecule has 0 saturated carbocycles. The van der Waals surface area contributed by atoms with Crippen LogP contribution in [0.3, 0.4) is 0 Å². The first kappa shape index (κ1) is 16.1. The largest absolute Gasteiger partial charge is 0.484 e. The molecule has 1 unspecified atom stereocenters. The lowest BCUT2D eigenvalue weighted by atomic mass is 10.2. The lowest BCUT2D eigenvalue weighted by molar-refractivity contribution is -0.123. The van der Waals surface area contributed by atoms with Gasteiger partial charge in [0.25, 0.3) is 5.91 Å². The number of rotatable bonds is 5. The zero-order chi connectivity index (χ0) is 16.9. The van der Waals surface area contributed by atoms with Crippen LogP contribution in [0.25, 0.3) is 0 Å². The molecule has 0 aliphatic carbocycles. The molecule has 5 heteroatoms. The molecular weight excluding hydrogens is 304 g/mol. The number of benzene rings is 2. The third-order valence-electron chi connectivity index (χ3n) is 3.95. The van der Waals surface area contributed by atoms with Crippen LogP contribution in [-0.4, -0.2) is 31.0 Å². The molecule has 1 aliphatic rings. The lowest BCUT2D eigenvalue weighted by Crippen LogP contribution is -2.39. The van der Waals surface area contributed by atoms with Crippen molar-refractivity contribution in [2.75, 3.05) is 18.1 Å². The molecule has 2 aromatic rings. The third-order valence-corrected chi connectivity index (χ3v) is 3.95. The molecule has 1 aliphatic heterocycles. The summed E-state index contributed by atoms with van der Waals surface area (Å²) in [5.41, 5.74) is 2.01. The van der Waals surface area contributed by atoms with Gasteiger partial charge in [-0.1, -0.05) is 35.9 Å². The number of carbonyl (C=O) groups excluding carboxylic acids is 2. The average molecular weight is 324 g/mol. The number of nitrogens with one attached hydrogen (secondary N) is 1. The number of ether oxygens (including phenoxy) is 1. The van der Waals surface area contributed by atoms with Gasteiger partial charge in [-0.15, -0.1) is 0 Å². The highest BCUT2D eigenvalue weighted by Gasteiger charge is 2.31. The van der Waals surface area contributed by atoms with Crippen LogP contribution in [-0.2, 0) is 9.59 Å². The minimum absolute atomic E-state index is 0.0214. The van der Waals surface area contributed by atoms with Crippen molar-refractivity contribution in [2.45, 2.75) is 19.4 Å². The molecule has 0 spiro atoms. The topological polar surface area (TPSA) is 58.6 Å². The maximum atomic E-state index is 12.2. The lowest BCUT2D eigenvalue weighted by Gasteiger charge is -2.17. The zero-order valence-electron chi connectivity index (χ0n) is 13.6. The summed E-state index contributed by atoms with van der Waals surface area (Å²) >= 11 is 0. The van der Waals surface area contributed by atoms with Gasteiger partial charge >= 0.3 is 0 Å². The number of hydrogen-bond donors (Lipinski definition) is 1. The van der Waals surface area contributed by atoms with Crippen LogP contribution >= 0.6 is 0 Å². The smallest absolute Gasteiger partial charge is 0.258 e. The van der Waals surface area contributed by atoms with Gasteiger partial charge in [-0.05, 0) is 31.2 Å². The predicted octanol–water partition coefficient (Wildman–Crippen LogP) is 2.30. The van der Waals surface area contributed by atoms with Crippen LogP contribution in [0.5, 0.6) is 5.75 Å². The monoisotopic (exact) mass is 324 g/mol. The van der Waals surface area contributed by atoms with Crippen LogP contribution in [0.15, 0.2) is 54.6 Å². The van der Waals surface area contributed by atoms with Gasteiger partial charge in [0.1, 0.15) is 5.75 Å². The Hall–Kier alpha value is -2.82. The van der Waals surface area contributed by atoms with Crippen LogP contribution in [0.4, 0.5) is 5.69 Å². The molecule has 24 heavy (non-hydrogen) atoms. The van der Waals surface area contributed by atoms with E-state index >= 15 is 0 Å². The summed E-state index contributed by atoms with van der Waals surface area (Å²) in [5, 5.41) is 2.86. The Kier molecular flexibility index (Phi) is 4.79. The van der Waals surface area contributed by atoms with Crippen molar-refractivity contribution in [3.05, 3.63) is 60.2 Å². The first-order valence-corrected chi connectivity index (χ1v) is 7.96. The molecule has 1 fully saturated rings. The summed E-state index contributed by atoms with van der Waals surface area (Å²) in [5.74, 6) is 0.451. The summed E-state index contributed by atoms with van der Waals surface area (Å²) in [6.45, 7) is 2.43. The summed E-state index contributed by atoms with van der Waals surface area (Å²) in [6, 6.07) is 16.8. The number of hydrogen-bond acceptors (Lipinski definition) is 3. The normalized spacial score (nSPS) is 17.0. The number of anilines is 1. The Morgan fingerprint density at radius 3 is 2.58 bits per heavy atom. The van der Waals surface area contributed by atoms with Crippen LogP contribution in [0.1, 0.15) is 12.0 Å². The Balaban J connectivity index is 1.52. The second-order valence-electron chi connectivity index (χ2n) is 5.91. The van der Waals surface area contributed by atoms with Crippen LogP contribution in [0, 0.1) is 6.92 Å². The van der Waals surface area contributed by atoms with Crippen molar-refractivity contribution in [1.29, 1.82) is 0 Å². The third kappa shape index (κ3) is 3.93. The highest BCUT2D eigenvalue weighted by atomic mass is 16.5. The Morgan fingerprint density at radius 1 is 1.17 bits per heavy atom. The fourth-order valence-corrected chi connectivity index (χ4v) is 2.71. The van der Waals surface area contributed by atoms with Gasteiger partial charge in [-0.3, -0.25) is 9.59 Å². The van der Waals surface area contributed by atoms with Crippen LogP contribution < -0.4 is 15.0 Å². The molecule has 1 saturated heterocycles. The van der Waals surface area contributed by atoms with E-state index in [1.165, 1.54) is 0 Å². The van der Waals surface area contributed by atoms with Gasteiger partial charge in [0, 0.05) is 18.7 Å². The maximum Gasteiger partial charge on any atom is 0.258 e. The average Bonchev–Trinajstić information content (AvgIpc) is 2.95. The molecule has 3 rings (SSSR count). The molecule has 5 nitrogen and oxygen atoms in total.